The Morgan fingerprint density at radius 1 is 1.29 bits per heavy atom. The van der Waals surface area contributed by atoms with Gasteiger partial charge in [-0.15, -0.1) is 0 Å². The minimum absolute atomic E-state index is 0.00560. The van der Waals surface area contributed by atoms with Gasteiger partial charge in [-0.05, 0) is 37.3 Å². The van der Waals surface area contributed by atoms with E-state index in [1.54, 1.807) is 0 Å². The summed E-state index contributed by atoms with van der Waals surface area (Å²) in [5, 5.41) is 11.4. The first-order valence-corrected chi connectivity index (χ1v) is 7.16. The SMILES string of the molecule is Cc1ccccc1OCC(=O)NCCC(C)CCC(=O)O. The summed E-state index contributed by atoms with van der Waals surface area (Å²) < 4.78 is 5.45. The van der Waals surface area contributed by atoms with Crippen LogP contribution in [0, 0.1) is 12.8 Å². The normalized spacial score (nSPS) is 11.7. The van der Waals surface area contributed by atoms with Crippen LogP contribution < -0.4 is 10.1 Å². The fourth-order valence-corrected chi connectivity index (χ4v) is 1.88. The Balaban J connectivity index is 2.17. The van der Waals surface area contributed by atoms with E-state index >= 15 is 0 Å². The van der Waals surface area contributed by atoms with Crippen LogP contribution in [0.15, 0.2) is 24.3 Å². The lowest BCUT2D eigenvalue weighted by Crippen LogP contribution is -2.30. The maximum atomic E-state index is 11.6. The lowest BCUT2D eigenvalue weighted by Gasteiger charge is -2.12. The molecule has 1 rings (SSSR count). The van der Waals surface area contributed by atoms with Gasteiger partial charge in [-0.25, -0.2) is 0 Å². The van der Waals surface area contributed by atoms with Crippen LogP contribution in [-0.2, 0) is 9.59 Å². The first kappa shape index (κ1) is 17.0. The number of ether oxygens (including phenoxy) is 1. The van der Waals surface area contributed by atoms with Gasteiger partial charge < -0.3 is 15.2 Å². The summed E-state index contributed by atoms with van der Waals surface area (Å²) in [6.45, 7) is 4.45. The van der Waals surface area contributed by atoms with Gasteiger partial charge in [0.2, 0.25) is 0 Å². The Bertz CT molecular complexity index is 473. The van der Waals surface area contributed by atoms with E-state index in [2.05, 4.69) is 5.32 Å². The maximum Gasteiger partial charge on any atom is 0.303 e. The molecule has 5 nitrogen and oxygen atoms in total. The van der Waals surface area contributed by atoms with Crippen molar-refractivity contribution in [1.29, 1.82) is 0 Å². The quantitative estimate of drug-likeness (QED) is 0.733. The van der Waals surface area contributed by atoms with Gasteiger partial charge >= 0.3 is 5.97 Å². The van der Waals surface area contributed by atoms with E-state index in [4.69, 9.17) is 9.84 Å². The van der Waals surface area contributed by atoms with Crippen LogP contribution in [0.2, 0.25) is 0 Å². The highest BCUT2D eigenvalue weighted by atomic mass is 16.5. The molecule has 5 heteroatoms. The zero-order valence-corrected chi connectivity index (χ0v) is 12.6. The highest BCUT2D eigenvalue weighted by Gasteiger charge is 2.07. The zero-order chi connectivity index (χ0) is 15.7. The van der Waals surface area contributed by atoms with Crippen molar-refractivity contribution in [2.24, 2.45) is 5.92 Å². The fourth-order valence-electron chi connectivity index (χ4n) is 1.88. The third-order valence-electron chi connectivity index (χ3n) is 3.26. The minimum Gasteiger partial charge on any atom is -0.484 e. The smallest absolute Gasteiger partial charge is 0.303 e. The second-order valence-electron chi connectivity index (χ2n) is 5.23. The molecule has 0 aromatic heterocycles. The molecule has 1 aromatic rings. The molecule has 0 spiro atoms. The lowest BCUT2D eigenvalue weighted by atomic mass is 10.0. The van der Waals surface area contributed by atoms with E-state index < -0.39 is 5.97 Å². The predicted octanol–water partition coefficient (Wildman–Crippen LogP) is 2.38. The molecule has 0 fully saturated rings. The van der Waals surface area contributed by atoms with Crippen LogP contribution in [-0.4, -0.2) is 30.1 Å². The second kappa shape index (κ2) is 9.00. The van der Waals surface area contributed by atoms with Crippen molar-refractivity contribution in [2.45, 2.75) is 33.1 Å². The highest BCUT2D eigenvalue weighted by Crippen LogP contribution is 2.15. The lowest BCUT2D eigenvalue weighted by molar-refractivity contribution is -0.137. The van der Waals surface area contributed by atoms with Crippen molar-refractivity contribution in [1.82, 2.24) is 5.32 Å². The van der Waals surface area contributed by atoms with Gasteiger partial charge in [0.15, 0.2) is 6.61 Å². The molecule has 0 aliphatic carbocycles. The van der Waals surface area contributed by atoms with E-state index in [1.165, 1.54) is 0 Å². The van der Waals surface area contributed by atoms with Crippen molar-refractivity contribution >= 4 is 11.9 Å². The number of aliphatic carboxylic acids is 1. The number of hydrogen-bond donors (Lipinski definition) is 2. The minimum atomic E-state index is -0.780. The molecule has 116 valence electrons. The van der Waals surface area contributed by atoms with Gasteiger partial charge in [0.25, 0.3) is 5.91 Å². The Hall–Kier alpha value is -2.04. The molecule has 0 bridgehead atoms. The van der Waals surface area contributed by atoms with E-state index in [0.717, 1.165) is 12.0 Å². The second-order valence-corrected chi connectivity index (χ2v) is 5.23. The van der Waals surface area contributed by atoms with E-state index in [9.17, 15) is 9.59 Å². The molecule has 1 amide bonds. The number of benzene rings is 1. The summed E-state index contributed by atoms with van der Waals surface area (Å²) in [6, 6.07) is 7.54. The van der Waals surface area contributed by atoms with E-state index in [1.807, 2.05) is 38.1 Å². The van der Waals surface area contributed by atoms with E-state index in [0.29, 0.717) is 18.7 Å². The van der Waals surface area contributed by atoms with Crippen LogP contribution in [0.25, 0.3) is 0 Å². The number of amides is 1. The Labute approximate surface area is 125 Å². The number of carboxylic acid groups (broad SMARTS) is 1. The molecule has 21 heavy (non-hydrogen) atoms. The van der Waals surface area contributed by atoms with E-state index in [-0.39, 0.29) is 24.9 Å². The summed E-state index contributed by atoms with van der Waals surface area (Å²) in [5.41, 5.74) is 0.993. The van der Waals surface area contributed by atoms with Gasteiger partial charge in [0, 0.05) is 13.0 Å². The monoisotopic (exact) mass is 293 g/mol. The molecule has 1 unspecified atom stereocenters. The Kier molecular flexibility index (Phi) is 7.29. The molecule has 0 saturated carbocycles. The Morgan fingerprint density at radius 3 is 2.67 bits per heavy atom. The number of para-hydroxylation sites is 1. The number of aryl methyl sites for hydroxylation is 1. The van der Waals surface area contributed by atoms with Gasteiger partial charge in [-0.3, -0.25) is 9.59 Å². The molecule has 1 aromatic carbocycles. The van der Waals surface area contributed by atoms with Crippen LogP contribution in [0.1, 0.15) is 31.7 Å². The summed E-state index contributed by atoms with van der Waals surface area (Å²) >= 11 is 0. The van der Waals surface area contributed by atoms with Crippen LogP contribution in [0.4, 0.5) is 0 Å². The van der Waals surface area contributed by atoms with Gasteiger partial charge in [0.1, 0.15) is 5.75 Å². The predicted molar refractivity (Wildman–Crippen MR) is 80.3 cm³/mol. The molecule has 0 saturated heterocycles. The van der Waals surface area contributed by atoms with Gasteiger partial charge in [0.05, 0.1) is 0 Å². The average Bonchev–Trinajstić information content (AvgIpc) is 2.44. The number of carboxylic acids is 1. The molecular weight excluding hydrogens is 270 g/mol. The molecule has 1 atom stereocenters. The number of carbonyl (C=O) groups is 2. The number of carbonyl (C=O) groups excluding carboxylic acids is 1. The fraction of sp³-hybridized carbons (Fsp3) is 0.500. The molecule has 0 aliphatic heterocycles. The summed E-state index contributed by atoms with van der Waals surface area (Å²) in [7, 11) is 0. The zero-order valence-electron chi connectivity index (χ0n) is 12.6. The summed E-state index contributed by atoms with van der Waals surface area (Å²) in [6.07, 6.45) is 1.57. The van der Waals surface area contributed by atoms with Crippen molar-refractivity contribution in [3.05, 3.63) is 29.8 Å². The molecule has 2 N–H and O–H groups in total. The van der Waals surface area contributed by atoms with Crippen molar-refractivity contribution in [2.75, 3.05) is 13.2 Å². The molecular formula is C16H23NO4. The van der Waals surface area contributed by atoms with Crippen molar-refractivity contribution < 1.29 is 19.4 Å². The summed E-state index contributed by atoms with van der Waals surface area (Å²) in [5.74, 6) is 0.0439. The maximum absolute atomic E-state index is 11.6. The summed E-state index contributed by atoms with van der Waals surface area (Å²) in [4.78, 5) is 22.1. The Morgan fingerprint density at radius 2 is 2.00 bits per heavy atom. The van der Waals surface area contributed by atoms with Gasteiger partial charge in [-0.2, -0.15) is 0 Å². The topological polar surface area (TPSA) is 75.6 Å². The molecule has 0 aliphatic rings. The number of nitrogens with one attached hydrogen (secondary N) is 1. The average molecular weight is 293 g/mol. The third-order valence-corrected chi connectivity index (χ3v) is 3.26. The molecule has 0 radical (unpaired) electrons. The molecule has 0 heterocycles. The first-order chi connectivity index (χ1) is 9.99. The van der Waals surface area contributed by atoms with Crippen molar-refractivity contribution in [3.63, 3.8) is 0 Å². The van der Waals surface area contributed by atoms with Gasteiger partial charge in [-0.1, -0.05) is 25.1 Å². The van der Waals surface area contributed by atoms with Crippen LogP contribution in [0.5, 0.6) is 5.75 Å². The third kappa shape index (κ3) is 7.34. The van der Waals surface area contributed by atoms with Crippen LogP contribution >= 0.6 is 0 Å². The van der Waals surface area contributed by atoms with Crippen LogP contribution in [0.3, 0.4) is 0 Å². The highest BCUT2D eigenvalue weighted by molar-refractivity contribution is 5.77. The number of hydrogen-bond acceptors (Lipinski definition) is 3. The first-order valence-electron chi connectivity index (χ1n) is 7.16. The largest absolute Gasteiger partial charge is 0.484 e. The standard InChI is InChI=1S/C16H23NO4/c1-12(7-8-16(19)20)9-10-17-15(18)11-21-14-6-4-3-5-13(14)2/h3-6,12H,7-11H2,1-2H3,(H,17,18)(H,19,20). The number of rotatable bonds is 9. The van der Waals surface area contributed by atoms with Crippen molar-refractivity contribution in [3.8, 4) is 5.75 Å².